The zero-order valence-corrected chi connectivity index (χ0v) is 19.1. The van der Waals surface area contributed by atoms with Gasteiger partial charge in [-0.15, -0.1) is 11.3 Å². The van der Waals surface area contributed by atoms with E-state index in [0.29, 0.717) is 34.3 Å². The molecule has 0 spiro atoms. The molecule has 0 aliphatic carbocycles. The molecule has 2 aromatic carbocycles. The van der Waals surface area contributed by atoms with Crippen LogP contribution in [0.1, 0.15) is 27.5 Å². The fourth-order valence-corrected chi connectivity index (χ4v) is 4.25. The number of thiazole rings is 1. The highest BCUT2D eigenvalue weighted by Crippen LogP contribution is 2.29. The lowest BCUT2D eigenvalue weighted by Crippen LogP contribution is -2.23. The van der Waals surface area contributed by atoms with Crippen molar-refractivity contribution in [1.29, 1.82) is 0 Å². The lowest BCUT2D eigenvalue weighted by Gasteiger charge is -2.09. The predicted octanol–water partition coefficient (Wildman–Crippen LogP) is 4.47. The molecule has 2 N–H and O–H groups in total. The Labute approximate surface area is 199 Å². The van der Waals surface area contributed by atoms with Crippen molar-refractivity contribution < 1.29 is 14.0 Å². The van der Waals surface area contributed by atoms with Gasteiger partial charge in [0.15, 0.2) is 4.96 Å². The zero-order valence-electron chi connectivity index (χ0n) is 18.3. The average molecular weight is 472 g/mol. The molecule has 0 atom stereocenters. The monoisotopic (exact) mass is 471 g/mol. The molecule has 0 aliphatic rings. The maximum Gasteiger partial charge on any atom is 0.271 e. The normalized spacial score (nSPS) is 11.0. The lowest BCUT2D eigenvalue weighted by atomic mass is 10.1. The summed E-state index contributed by atoms with van der Waals surface area (Å²) in [6, 6.07) is 16.9. The van der Waals surface area contributed by atoms with Crippen molar-refractivity contribution >= 4 is 33.8 Å². The smallest absolute Gasteiger partial charge is 0.271 e. The summed E-state index contributed by atoms with van der Waals surface area (Å²) in [4.78, 5) is 34.7. The third-order valence-corrected chi connectivity index (χ3v) is 6.04. The molecule has 0 bridgehead atoms. The second-order valence-electron chi connectivity index (χ2n) is 7.68. The Kier molecular flexibility index (Phi) is 5.92. The van der Waals surface area contributed by atoms with Gasteiger partial charge in [-0.2, -0.15) is 0 Å². The van der Waals surface area contributed by atoms with Crippen LogP contribution in [-0.2, 0) is 17.8 Å². The van der Waals surface area contributed by atoms with Gasteiger partial charge in [-0.05, 0) is 24.6 Å². The molecule has 170 valence electrons. The van der Waals surface area contributed by atoms with Crippen LogP contribution in [0, 0.1) is 6.92 Å². The van der Waals surface area contributed by atoms with Crippen molar-refractivity contribution in [3.63, 3.8) is 0 Å². The van der Waals surface area contributed by atoms with Crippen molar-refractivity contribution in [2.45, 2.75) is 19.9 Å². The van der Waals surface area contributed by atoms with Crippen molar-refractivity contribution in [3.8, 4) is 11.5 Å². The van der Waals surface area contributed by atoms with E-state index in [2.05, 4.69) is 20.6 Å². The van der Waals surface area contributed by atoms with Gasteiger partial charge in [0.2, 0.25) is 11.8 Å². The molecule has 8 nitrogen and oxygen atoms in total. The first kappa shape index (κ1) is 21.6. The number of oxazole rings is 1. The molecule has 5 aromatic rings. The molecule has 2 amide bonds. The molecule has 3 heterocycles. The fourth-order valence-electron chi connectivity index (χ4n) is 3.55. The van der Waals surface area contributed by atoms with Crippen LogP contribution in [0.3, 0.4) is 0 Å². The van der Waals surface area contributed by atoms with Gasteiger partial charge >= 0.3 is 0 Å². The summed E-state index contributed by atoms with van der Waals surface area (Å²) in [6.07, 6.45) is 3.81. The first-order valence-electron chi connectivity index (χ1n) is 10.7. The van der Waals surface area contributed by atoms with Crippen molar-refractivity contribution in [2.24, 2.45) is 0 Å². The van der Waals surface area contributed by atoms with Gasteiger partial charge in [-0.3, -0.25) is 14.0 Å². The standard InChI is InChI=1S/C25H21N5O3S/c1-16-20(14-26-23(32)21-15-30-11-12-34-25(30)29-21)28-24(33-16)18-9-5-6-10-19(18)27-22(31)13-17-7-3-2-4-8-17/h2-12,15H,13-14H2,1H3,(H,26,32)(H,27,31). The van der Waals surface area contributed by atoms with E-state index in [4.69, 9.17) is 4.42 Å². The maximum atomic E-state index is 12.6. The Hall–Kier alpha value is -4.24. The molecule has 9 heteroatoms. The maximum absolute atomic E-state index is 12.6. The van der Waals surface area contributed by atoms with Crippen LogP contribution in [0.15, 0.2) is 76.8 Å². The van der Waals surface area contributed by atoms with E-state index in [1.54, 1.807) is 13.1 Å². The number of benzene rings is 2. The summed E-state index contributed by atoms with van der Waals surface area (Å²) in [6.45, 7) is 1.99. The number of para-hydroxylation sites is 1. The number of fused-ring (bicyclic) bond motifs is 1. The molecule has 3 aromatic heterocycles. The summed E-state index contributed by atoms with van der Waals surface area (Å²) in [5, 5.41) is 7.70. The number of amides is 2. The first-order valence-corrected chi connectivity index (χ1v) is 11.5. The minimum Gasteiger partial charge on any atom is -0.441 e. The Morgan fingerprint density at radius 3 is 2.68 bits per heavy atom. The molecule has 0 radical (unpaired) electrons. The highest BCUT2D eigenvalue weighted by Gasteiger charge is 2.18. The van der Waals surface area contributed by atoms with Gasteiger partial charge in [0, 0.05) is 17.8 Å². The zero-order chi connectivity index (χ0) is 23.5. The Morgan fingerprint density at radius 2 is 1.85 bits per heavy atom. The fraction of sp³-hybridized carbons (Fsp3) is 0.120. The Balaban J connectivity index is 1.29. The highest BCUT2D eigenvalue weighted by molar-refractivity contribution is 7.15. The number of imidazole rings is 1. The van der Waals surface area contributed by atoms with Gasteiger partial charge in [0.25, 0.3) is 5.91 Å². The molecule has 0 saturated carbocycles. The van der Waals surface area contributed by atoms with Crippen LogP contribution in [0.2, 0.25) is 0 Å². The van der Waals surface area contributed by atoms with E-state index in [9.17, 15) is 9.59 Å². The third-order valence-electron chi connectivity index (χ3n) is 5.27. The summed E-state index contributed by atoms with van der Waals surface area (Å²) in [5.74, 6) is 0.550. The highest BCUT2D eigenvalue weighted by atomic mass is 32.1. The Bertz CT molecular complexity index is 1440. The molecular formula is C25H21N5O3S. The number of nitrogens with zero attached hydrogens (tertiary/aromatic N) is 3. The molecule has 34 heavy (non-hydrogen) atoms. The summed E-state index contributed by atoms with van der Waals surface area (Å²) in [5.41, 5.74) is 3.16. The number of anilines is 1. The SMILES string of the molecule is Cc1oc(-c2ccccc2NC(=O)Cc2ccccc2)nc1CNC(=O)c1cn2ccsc2n1. The minimum absolute atomic E-state index is 0.130. The van der Waals surface area contributed by atoms with E-state index in [-0.39, 0.29) is 24.8 Å². The second kappa shape index (κ2) is 9.32. The number of hydrogen-bond acceptors (Lipinski definition) is 6. The second-order valence-corrected chi connectivity index (χ2v) is 8.55. The lowest BCUT2D eigenvalue weighted by molar-refractivity contribution is -0.115. The van der Waals surface area contributed by atoms with Gasteiger partial charge in [-0.25, -0.2) is 9.97 Å². The minimum atomic E-state index is -0.284. The first-order chi connectivity index (χ1) is 16.6. The van der Waals surface area contributed by atoms with Gasteiger partial charge in [0.1, 0.15) is 17.1 Å². The summed E-state index contributed by atoms with van der Waals surface area (Å²) < 4.78 is 7.69. The van der Waals surface area contributed by atoms with Gasteiger partial charge in [0.05, 0.1) is 24.2 Å². The molecular weight excluding hydrogens is 450 g/mol. The number of rotatable bonds is 7. The Morgan fingerprint density at radius 1 is 1.06 bits per heavy atom. The van der Waals surface area contributed by atoms with Crippen LogP contribution in [0.25, 0.3) is 16.4 Å². The van der Waals surface area contributed by atoms with Crippen LogP contribution in [0.5, 0.6) is 0 Å². The van der Waals surface area contributed by atoms with Gasteiger partial charge < -0.3 is 15.1 Å². The number of aryl methyl sites for hydroxylation is 1. The number of nitrogens with one attached hydrogen (secondary N) is 2. The number of aromatic nitrogens is 3. The van der Waals surface area contributed by atoms with Crippen LogP contribution < -0.4 is 10.6 Å². The van der Waals surface area contributed by atoms with E-state index >= 15 is 0 Å². The molecule has 0 aliphatic heterocycles. The third kappa shape index (κ3) is 4.60. The topological polar surface area (TPSA) is 102 Å². The van der Waals surface area contributed by atoms with Crippen molar-refractivity contribution in [1.82, 2.24) is 19.7 Å². The van der Waals surface area contributed by atoms with Crippen molar-refractivity contribution in [2.75, 3.05) is 5.32 Å². The van der Waals surface area contributed by atoms with Gasteiger partial charge in [-0.1, -0.05) is 42.5 Å². The molecule has 0 saturated heterocycles. The molecule has 0 unspecified atom stereocenters. The van der Waals surface area contributed by atoms with Crippen LogP contribution in [-0.4, -0.2) is 26.2 Å². The predicted molar refractivity (Wildman–Crippen MR) is 130 cm³/mol. The van der Waals surface area contributed by atoms with E-state index in [0.717, 1.165) is 10.5 Å². The van der Waals surface area contributed by atoms with E-state index in [1.165, 1.54) is 11.3 Å². The largest absolute Gasteiger partial charge is 0.441 e. The summed E-state index contributed by atoms with van der Waals surface area (Å²) in [7, 11) is 0. The molecule has 5 rings (SSSR count). The summed E-state index contributed by atoms with van der Waals surface area (Å²) >= 11 is 1.46. The number of hydrogen-bond donors (Lipinski definition) is 2. The average Bonchev–Trinajstić information content (AvgIpc) is 3.53. The van der Waals surface area contributed by atoms with Crippen LogP contribution in [0.4, 0.5) is 5.69 Å². The van der Waals surface area contributed by atoms with E-state index < -0.39 is 0 Å². The van der Waals surface area contributed by atoms with Crippen LogP contribution >= 0.6 is 11.3 Å². The number of carbonyl (C=O) groups is 2. The van der Waals surface area contributed by atoms with E-state index in [1.807, 2.05) is 70.6 Å². The molecule has 0 fully saturated rings. The van der Waals surface area contributed by atoms with Crippen molar-refractivity contribution in [3.05, 3.63) is 95.1 Å². The number of carbonyl (C=O) groups excluding carboxylic acids is 2. The quantitative estimate of drug-likeness (QED) is 0.365.